The van der Waals surface area contributed by atoms with Crippen LogP contribution in [-0.4, -0.2) is 18.1 Å². The summed E-state index contributed by atoms with van der Waals surface area (Å²) < 4.78 is 11.5. The molecule has 3 nitrogen and oxygen atoms in total. The molecule has 0 radical (unpaired) electrons. The van der Waals surface area contributed by atoms with Gasteiger partial charge in [-0.3, -0.25) is 0 Å². The zero-order valence-corrected chi connectivity index (χ0v) is 14.3. The van der Waals surface area contributed by atoms with Crippen molar-refractivity contribution >= 4 is 29.1 Å². The molecule has 0 atom stereocenters. The Morgan fingerprint density at radius 1 is 0.739 bits per heavy atom. The maximum Gasteiger partial charge on any atom is 0.263 e. The zero-order valence-electron chi connectivity index (χ0n) is 13.4. The second-order valence-corrected chi connectivity index (χ2v) is 7.22. The Balaban J connectivity index is 2.69. The number of rotatable bonds is 4. The number of hydrogen-bond acceptors (Lipinski definition) is 3. The first-order valence-electron chi connectivity index (χ1n) is 7.85. The van der Waals surface area contributed by atoms with Gasteiger partial charge < -0.3 is 13.9 Å². The van der Waals surface area contributed by atoms with Gasteiger partial charge in [-0.15, -0.1) is 0 Å². The molecule has 1 N–H and O–H groups in total. The fourth-order valence-corrected chi connectivity index (χ4v) is 4.91. The maximum absolute atomic E-state index is 11.3. The van der Waals surface area contributed by atoms with Gasteiger partial charge in [0.1, 0.15) is 0 Å². The van der Waals surface area contributed by atoms with Gasteiger partial charge in [0.2, 0.25) is 0 Å². The first kappa shape index (κ1) is 16.2. The van der Waals surface area contributed by atoms with Gasteiger partial charge in [-0.25, -0.2) is 0 Å². The highest BCUT2D eigenvalue weighted by molar-refractivity contribution is 7.52. The average Bonchev–Trinajstić information content (AvgIpc) is 2.72. The van der Waals surface area contributed by atoms with Gasteiger partial charge in [0.05, 0.1) is 18.2 Å². The fourth-order valence-electron chi connectivity index (χ4n) is 2.86. The van der Waals surface area contributed by atoms with Crippen molar-refractivity contribution in [2.45, 2.75) is 13.8 Å². The molecule has 0 aliphatic heterocycles. The van der Waals surface area contributed by atoms with E-state index < -0.39 is 7.57 Å². The van der Waals surface area contributed by atoms with Crippen molar-refractivity contribution in [1.29, 1.82) is 0 Å². The van der Waals surface area contributed by atoms with E-state index in [1.165, 1.54) is 0 Å². The second kappa shape index (κ2) is 6.86. The van der Waals surface area contributed by atoms with Gasteiger partial charge >= 0.3 is 0 Å². The van der Waals surface area contributed by atoms with Gasteiger partial charge in [0, 0.05) is 0 Å². The molecule has 0 unspecified atom stereocenters. The fraction of sp³-hybridized carbons (Fsp3) is 0.211. The molecule has 3 aromatic rings. The lowest BCUT2D eigenvalue weighted by Gasteiger charge is -2.19. The SMILES string of the molecule is CCOP(O)(OCC)=c1c2ccccc2ccc2ccccc12. The minimum Gasteiger partial charge on any atom is -0.332 e. The number of fused-ring (bicyclic) bond motifs is 2. The molecule has 0 aliphatic rings. The third kappa shape index (κ3) is 3.06. The molecule has 0 amide bonds. The molecule has 0 aliphatic carbocycles. The molecule has 0 saturated carbocycles. The van der Waals surface area contributed by atoms with Crippen LogP contribution in [0.3, 0.4) is 0 Å². The molecule has 23 heavy (non-hydrogen) atoms. The van der Waals surface area contributed by atoms with Gasteiger partial charge in [0.15, 0.2) is 0 Å². The number of benzene rings is 2. The Morgan fingerprint density at radius 3 is 1.61 bits per heavy atom. The van der Waals surface area contributed by atoms with E-state index in [2.05, 4.69) is 12.1 Å². The summed E-state index contributed by atoms with van der Waals surface area (Å²) in [5.41, 5.74) is 0. The van der Waals surface area contributed by atoms with E-state index in [0.717, 1.165) is 26.5 Å². The highest BCUT2D eigenvalue weighted by atomic mass is 31.2. The zero-order chi connectivity index (χ0) is 16.3. The molecule has 4 heteroatoms. The largest absolute Gasteiger partial charge is 0.332 e. The van der Waals surface area contributed by atoms with Crippen molar-refractivity contribution in [3.8, 4) is 0 Å². The van der Waals surface area contributed by atoms with Crippen LogP contribution in [0.4, 0.5) is 0 Å². The molecule has 0 saturated heterocycles. The molecule has 0 aromatic heterocycles. The molecule has 0 spiro atoms. The van der Waals surface area contributed by atoms with Crippen molar-refractivity contribution < 1.29 is 13.9 Å². The van der Waals surface area contributed by atoms with Crippen molar-refractivity contribution in [3.63, 3.8) is 0 Å². The molecule has 3 aromatic carbocycles. The van der Waals surface area contributed by atoms with E-state index in [0.29, 0.717) is 13.2 Å². The van der Waals surface area contributed by atoms with Crippen molar-refractivity contribution in [3.05, 3.63) is 65.6 Å². The van der Waals surface area contributed by atoms with E-state index in [1.54, 1.807) is 0 Å². The molecular weight excluding hydrogens is 307 g/mol. The van der Waals surface area contributed by atoms with Crippen LogP contribution in [0.25, 0.3) is 21.5 Å². The summed E-state index contributed by atoms with van der Waals surface area (Å²) in [4.78, 5) is 12.0. The van der Waals surface area contributed by atoms with E-state index in [-0.39, 0.29) is 0 Å². The van der Waals surface area contributed by atoms with Gasteiger partial charge in [-0.05, 0) is 35.4 Å². The molecular formula is C19H21O3P. The highest BCUT2D eigenvalue weighted by Crippen LogP contribution is 2.51. The maximum atomic E-state index is 11.3. The Bertz CT molecular complexity index is 862. The van der Waals surface area contributed by atoms with E-state index in [4.69, 9.17) is 9.05 Å². The quantitative estimate of drug-likeness (QED) is 0.656. The smallest absolute Gasteiger partial charge is 0.263 e. The summed E-state index contributed by atoms with van der Waals surface area (Å²) in [6.45, 7) is 4.53. The third-order valence-electron chi connectivity index (χ3n) is 3.77. The standard InChI is InChI=1S/C19H21O3P/c1-3-21-23(20,22-4-2)19-17-11-7-5-9-15(17)13-14-16-10-6-8-12-18(16)19/h5-14,20H,3-4H2,1-2H3. The predicted molar refractivity (Wildman–Crippen MR) is 97.1 cm³/mol. The van der Waals surface area contributed by atoms with Crippen LogP contribution >= 0.6 is 7.57 Å². The minimum absolute atomic E-state index is 0.394. The van der Waals surface area contributed by atoms with Crippen LogP contribution < -0.4 is 0 Å². The van der Waals surface area contributed by atoms with E-state index in [9.17, 15) is 4.89 Å². The lowest BCUT2D eigenvalue weighted by atomic mass is 10.1. The Hall–Kier alpha value is -1.64. The summed E-state index contributed by atoms with van der Waals surface area (Å²) in [7, 11) is -3.16. The van der Waals surface area contributed by atoms with Gasteiger partial charge in [0.25, 0.3) is 7.57 Å². The summed E-state index contributed by atoms with van der Waals surface area (Å²) in [6.07, 6.45) is 0. The Labute approximate surface area is 136 Å². The third-order valence-corrected chi connectivity index (χ3v) is 6.03. The molecule has 0 fully saturated rings. The van der Waals surface area contributed by atoms with Crippen molar-refractivity contribution in [1.82, 2.24) is 0 Å². The minimum atomic E-state index is -3.16. The topological polar surface area (TPSA) is 38.7 Å². The van der Waals surface area contributed by atoms with Gasteiger partial charge in [-0.2, -0.15) is 0 Å². The first-order chi connectivity index (χ1) is 11.2. The highest BCUT2D eigenvalue weighted by Gasteiger charge is 2.19. The van der Waals surface area contributed by atoms with Crippen LogP contribution in [0.15, 0.2) is 60.7 Å². The van der Waals surface area contributed by atoms with Crippen LogP contribution in [0, 0.1) is 4.94 Å². The predicted octanol–water partition coefficient (Wildman–Crippen LogP) is 5.35. The summed E-state index contributed by atoms with van der Waals surface area (Å²) in [6, 6.07) is 20.2. The van der Waals surface area contributed by atoms with E-state index >= 15 is 0 Å². The van der Waals surface area contributed by atoms with Gasteiger partial charge in [-0.1, -0.05) is 60.7 Å². The molecule has 0 heterocycles. The molecule has 120 valence electrons. The van der Waals surface area contributed by atoms with Crippen LogP contribution in [0.5, 0.6) is 0 Å². The van der Waals surface area contributed by atoms with Crippen molar-refractivity contribution in [2.75, 3.05) is 13.2 Å². The normalized spacial score (nSPS) is 12.0. The average molecular weight is 328 g/mol. The second-order valence-electron chi connectivity index (χ2n) is 5.21. The number of hydrogen-bond donors (Lipinski definition) is 1. The summed E-state index contributed by atoms with van der Waals surface area (Å²) in [5, 5.41) is 4.03. The van der Waals surface area contributed by atoms with Crippen LogP contribution in [-0.2, 0) is 9.05 Å². The van der Waals surface area contributed by atoms with Crippen LogP contribution in [0.1, 0.15) is 13.8 Å². The summed E-state index contributed by atoms with van der Waals surface area (Å²) in [5.74, 6) is 0. The lowest BCUT2D eigenvalue weighted by molar-refractivity contribution is 0.206. The monoisotopic (exact) mass is 328 g/mol. The molecule has 3 rings (SSSR count). The van der Waals surface area contributed by atoms with E-state index in [1.807, 2.05) is 62.4 Å². The summed E-state index contributed by atoms with van der Waals surface area (Å²) >= 11 is 0. The Morgan fingerprint density at radius 2 is 1.17 bits per heavy atom. The lowest BCUT2D eigenvalue weighted by Crippen LogP contribution is -1.96. The molecule has 0 bridgehead atoms. The Kier molecular flexibility index (Phi) is 4.84. The van der Waals surface area contributed by atoms with Crippen molar-refractivity contribution in [2.24, 2.45) is 0 Å². The van der Waals surface area contributed by atoms with Crippen LogP contribution in [0.2, 0.25) is 0 Å². The first-order valence-corrected chi connectivity index (χ1v) is 9.42.